The maximum Gasteiger partial charge on any atom is 0.160 e. The summed E-state index contributed by atoms with van der Waals surface area (Å²) in [6.45, 7) is 0. The molecule has 4 heteroatoms. The molecule has 10 aromatic rings. The van der Waals surface area contributed by atoms with Gasteiger partial charge in [0.1, 0.15) is 22.5 Å². The quantitative estimate of drug-likeness (QED) is 0.188. The van der Waals surface area contributed by atoms with Crippen molar-refractivity contribution in [1.82, 2.24) is 9.97 Å². The first-order valence-corrected chi connectivity index (χ1v) is 16.7. The van der Waals surface area contributed by atoms with Gasteiger partial charge in [-0.2, -0.15) is 0 Å². The molecule has 3 heterocycles. The summed E-state index contributed by atoms with van der Waals surface area (Å²) >= 11 is 0. The number of furan rings is 2. The third-order valence-electron chi connectivity index (χ3n) is 9.50. The molecule has 0 aliphatic heterocycles. The molecule has 3 aromatic heterocycles. The maximum absolute atomic E-state index is 6.30. The number of rotatable bonds is 5. The number of hydrogen-bond acceptors (Lipinski definition) is 4. The van der Waals surface area contributed by atoms with Crippen molar-refractivity contribution in [2.24, 2.45) is 0 Å². The number of nitrogens with zero attached hydrogens (tertiary/aromatic N) is 2. The van der Waals surface area contributed by atoms with Crippen LogP contribution in [-0.4, -0.2) is 9.97 Å². The van der Waals surface area contributed by atoms with Crippen molar-refractivity contribution in [2.75, 3.05) is 0 Å². The van der Waals surface area contributed by atoms with Crippen LogP contribution >= 0.6 is 0 Å². The van der Waals surface area contributed by atoms with Gasteiger partial charge < -0.3 is 8.83 Å². The van der Waals surface area contributed by atoms with Gasteiger partial charge in [-0.05, 0) is 70.4 Å². The maximum atomic E-state index is 6.30. The van der Waals surface area contributed by atoms with E-state index in [0.717, 1.165) is 83.3 Å². The molecule has 7 aromatic carbocycles. The molecular weight excluding hydrogens is 613 g/mol. The Balaban J connectivity index is 1.09. The van der Waals surface area contributed by atoms with Crippen molar-refractivity contribution >= 4 is 43.7 Å². The highest BCUT2D eigenvalue weighted by atomic mass is 16.3. The van der Waals surface area contributed by atoms with Gasteiger partial charge in [-0.25, -0.2) is 9.97 Å². The van der Waals surface area contributed by atoms with E-state index in [9.17, 15) is 0 Å². The minimum atomic E-state index is 0.656. The van der Waals surface area contributed by atoms with E-state index < -0.39 is 0 Å². The average molecular weight is 641 g/mol. The van der Waals surface area contributed by atoms with Gasteiger partial charge in [-0.1, -0.05) is 121 Å². The van der Waals surface area contributed by atoms with Gasteiger partial charge in [0.25, 0.3) is 0 Å². The molecule has 50 heavy (non-hydrogen) atoms. The highest BCUT2D eigenvalue weighted by Gasteiger charge is 2.15. The van der Waals surface area contributed by atoms with Crippen LogP contribution in [0.2, 0.25) is 0 Å². The van der Waals surface area contributed by atoms with Crippen LogP contribution in [0.1, 0.15) is 0 Å². The van der Waals surface area contributed by atoms with E-state index in [1.165, 1.54) is 10.9 Å². The summed E-state index contributed by atoms with van der Waals surface area (Å²) in [7, 11) is 0. The van der Waals surface area contributed by atoms with Crippen LogP contribution in [0.15, 0.2) is 179 Å². The van der Waals surface area contributed by atoms with Crippen LogP contribution in [0.4, 0.5) is 0 Å². The fraction of sp³-hybridized carbons (Fsp3) is 0. The first-order chi connectivity index (χ1) is 24.7. The molecular formula is C46H28N2O2. The SMILES string of the molecule is c1ccc(-c2ccc(-c3cc(-c4ccc(-c5cc6ccccc6o5)cc4)nc(-c4ccc5oc6cc7ccccc7cc6c5c4)n3)cc2)cc1. The van der Waals surface area contributed by atoms with Gasteiger partial charge in [0.15, 0.2) is 5.82 Å². The van der Waals surface area contributed by atoms with Gasteiger partial charge in [0.2, 0.25) is 0 Å². The number of fused-ring (bicyclic) bond motifs is 5. The van der Waals surface area contributed by atoms with E-state index in [4.69, 9.17) is 18.8 Å². The van der Waals surface area contributed by atoms with Crippen LogP contribution in [0, 0.1) is 0 Å². The van der Waals surface area contributed by atoms with Gasteiger partial charge in [0.05, 0.1) is 11.4 Å². The lowest BCUT2D eigenvalue weighted by molar-refractivity contribution is 0.631. The largest absolute Gasteiger partial charge is 0.456 e. The van der Waals surface area contributed by atoms with E-state index in [0.29, 0.717) is 5.82 Å². The van der Waals surface area contributed by atoms with E-state index >= 15 is 0 Å². The van der Waals surface area contributed by atoms with E-state index in [1.54, 1.807) is 0 Å². The highest BCUT2D eigenvalue weighted by molar-refractivity contribution is 6.10. The normalized spacial score (nSPS) is 11.6. The van der Waals surface area contributed by atoms with E-state index in [1.807, 2.05) is 30.3 Å². The van der Waals surface area contributed by atoms with E-state index in [-0.39, 0.29) is 0 Å². The summed E-state index contributed by atoms with van der Waals surface area (Å²) < 4.78 is 12.4. The highest BCUT2D eigenvalue weighted by Crippen LogP contribution is 2.36. The zero-order valence-corrected chi connectivity index (χ0v) is 26.9. The van der Waals surface area contributed by atoms with Crippen LogP contribution < -0.4 is 0 Å². The minimum Gasteiger partial charge on any atom is -0.456 e. The lowest BCUT2D eigenvalue weighted by Crippen LogP contribution is -1.96. The standard InChI is InChI=1S/C46H28N2O2/c1-2-8-29(9-3-1)30-14-16-31(17-15-30)40-28-41(32-18-20-33(21-19-32)44-27-36-12-6-7-13-42(36)49-44)48-46(47-40)37-22-23-43-38(25-37)39-24-34-10-4-5-11-35(34)26-45(39)50-43/h1-28H. The number of hydrogen-bond donors (Lipinski definition) is 0. The summed E-state index contributed by atoms with van der Waals surface area (Å²) in [5.74, 6) is 1.50. The molecule has 0 spiro atoms. The first-order valence-electron chi connectivity index (χ1n) is 16.7. The van der Waals surface area contributed by atoms with Crippen molar-refractivity contribution in [3.8, 4) is 56.4 Å². The van der Waals surface area contributed by atoms with Crippen molar-refractivity contribution in [3.63, 3.8) is 0 Å². The third-order valence-corrected chi connectivity index (χ3v) is 9.50. The van der Waals surface area contributed by atoms with Crippen LogP contribution in [0.3, 0.4) is 0 Å². The fourth-order valence-electron chi connectivity index (χ4n) is 6.87. The molecule has 0 saturated heterocycles. The van der Waals surface area contributed by atoms with Gasteiger partial charge in [-0.3, -0.25) is 0 Å². The Morgan fingerprint density at radius 1 is 0.320 bits per heavy atom. The van der Waals surface area contributed by atoms with Gasteiger partial charge in [0, 0.05) is 38.4 Å². The smallest absolute Gasteiger partial charge is 0.160 e. The third kappa shape index (κ3) is 4.94. The molecule has 0 radical (unpaired) electrons. The molecule has 0 N–H and O–H groups in total. The molecule has 0 fully saturated rings. The number of benzene rings is 7. The number of para-hydroxylation sites is 1. The lowest BCUT2D eigenvalue weighted by atomic mass is 10.0. The molecule has 0 aliphatic carbocycles. The Hall–Kier alpha value is -6.78. The van der Waals surface area contributed by atoms with E-state index in [2.05, 4.69) is 140 Å². The molecule has 0 saturated carbocycles. The van der Waals surface area contributed by atoms with Crippen LogP contribution in [0.5, 0.6) is 0 Å². The van der Waals surface area contributed by atoms with Crippen molar-refractivity contribution < 1.29 is 8.83 Å². The molecule has 10 rings (SSSR count). The zero-order valence-electron chi connectivity index (χ0n) is 26.9. The van der Waals surface area contributed by atoms with Crippen molar-refractivity contribution in [3.05, 3.63) is 170 Å². The molecule has 0 atom stereocenters. The molecule has 0 bridgehead atoms. The Morgan fingerprint density at radius 2 is 0.880 bits per heavy atom. The predicted octanol–water partition coefficient (Wildman–Crippen LogP) is 12.6. The summed E-state index contributed by atoms with van der Waals surface area (Å²) in [4.78, 5) is 10.3. The average Bonchev–Trinajstić information content (AvgIpc) is 3.78. The Kier molecular flexibility index (Phi) is 6.46. The molecule has 234 valence electrons. The first kappa shape index (κ1) is 28.3. The fourth-order valence-corrected chi connectivity index (χ4v) is 6.87. The topological polar surface area (TPSA) is 52.1 Å². The van der Waals surface area contributed by atoms with Gasteiger partial charge in [-0.15, -0.1) is 0 Å². The van der Waals surface area contributed by atoms with Crippen molar-refractivity contribution in [2.45, 2.75) is 0 Å². The Bertz CT molecular complexity index is 2810. The summed E-state index contributed by atoms with van der Waals surface area (Å²) in [5, 5.41) is 5.55. The summed E-state index contributed by atoms with van der Waals surface area (Å²) in [6, 6.07) is 58.6. The molecule has 0 unspecified atom stereocenters. The van der Waals surface area contributed by atoms with Crippen LogP contribution in [-0.2, 0) is 0 Å². The summed E-state index contributed by atoms with van der Waals surface area (Å²) in [5.41, 5.74) is 10.6. The second-order valence-corrected chi connectivity index (χ2v) is 12.6. The molecule has 4 nitrogen and oxygen atoms in total. The van der Waals surface area contributed by atoms with Crippen LogP contribution in [0.25, 0.3) is 100 Å². The molecule has 0 aliphatic rings. The zero-order chi connectivity index (χ0) is 33.0. The monoisotopic (exact) mass is 640 g/mol. The second kappa shape index (κ2) is 11.4. The Morgan fingerprint density at radius 3 is 1.60 bits per heavy atom. The predicted molar refractivity (Wildman–Crippen MR) is 204 cm³/mol. The van der Waals surface area contributed by atoms with Crippen molar-refractivity contribution in [1.29, 1.82) is 0 Å². The number of aromatic nitrogens is 2. The lowest BCUT2D eigenvalue weighted by Gasteiger charge is -2.11. The second-order valence-electron chi connectivity index (χ2n) is 12.6. The van der Waals surface area contributed by atoms with Gasteiger partial charge >= 0.3 is 0 Å². The summed E-state index contributed by atoms with van der Waals surface area (Å²) in [6.07, 6.45) is 0. The Labute approximate surface area is 287 Å². The minimum absolute atomic E-state index is 0.656. The molecule has 0 amide bonds.